The average Bonchev–Trinajstić information content (AvgIpc) is 3.13. The summed E-state index contributed by atoms with van der Waals surface area (Å²) in [6.07, 6.45) is 0. The van der Waals surface area contributed by atoms with Gasteiger partial charge in [-0.15, -0.1) is 0 Å². The number of carbonyl (C=O) groups excluding carboxylic acids is 1. The number of amides is 1. The van der Waals surface area contributed by atoms with Crippen LogP contribution in [0.15, 0.2) is 82.6 Å². The van der Waals surface area contributed by atoms with Crippen LogP contribution in [0.1, 0.15) is 21.6 Å². The summed E-state index contributed by atoms with van der Waals surface area (Å²) in [6, 6.07) is 24.1. The van der Waals surface area contributed by atoms with Crippen LogP contribution in [0.5, 0.6) is 5.75 Å². The molecule has 30 heavy (non-hydrogen) atoms. The smallest absolute Gasteiger partial charge is 0.266 e. The van der Waals surface area contributed by atoms with Crippen molar-refractivity contribution in [1.29, 1.82) is 0 Å². The van der Waals surface area contributed by atoms with Gasteiger partial charge in [0, 0.05) is 34.5 Å². The number of aromatic amines is 1. The second-order valence-corrected chi connectivity index (χ2v) is 7.99. The average molecular weight is 418 g/mol. The first-order valence-electron chi connectivity index (χ1n) is 9.65. The first kappa shape index (κ1) is 20.1. The molecular formula is C24H23N3O2S. The molecule has 0 spiro atoms. The Kier molecular flexibility index (Phi) is 6.07. The summed E-state index contributed by atoms with van der Waals surface area (Å²) in [5, 5.41) is 4.44. The molecule has 0 fully saturated rings. The van der Waals surface area contributed by atoms with Crippen LogP contribution >= 0.6 is 11.8 Å². The van der Waals surface area contributed by atoms with E-state index in [-0.39, 0.29) is 0 Å². The Morgan fingerprint density at radius 3 is 2.57 bits per heavy atom. The van der Waals surface area contributed by atoms with E-state index in [0.29, 0.717) is 18.8 Å². The van der Waals surface area contributed by atoms with E-state index in [1.165, 1.54) is 0 Å². The molecule has 0 aliphatic rings. The highest BCUT2D eigenvalue weighted by Gasteiger charge is 2.17. The monoisotopic (exact) mass is 417 g/mol. The van der Waals surface area contributed by atoms with Crippen LogP contribution in [-0.2, 0) is 13.1 Å². The fourth-order valence-electron chi connectivity index (χ4n) is 3.41. The minimum Gasteiger partial charge on any atom is -0.496 e. The summed E-state index contributed by atoms with van der Waals surface area (Å²) in [5.74, 6) is 0.416. The van der Waals surface area contributed by atoms with E-state index < -0.39 is 5.91 Å². The lowest BCUT2D eigenvalue weighted by atomic mass is 10.1. The van der Waals surface area contributed by atoms with E-state index in [9.17, 15) is 4.79 Å². The van der Waals surface area contributed by atoms with Crippen molar-refractivity contribution in [2.24, 2.45) is 5.73 Å². The Bertz CT molecular complexity index is 1170. The molecule has 0 atom stereocenters. The molecule has 5 nitrogen and oxygen atoms in total. The first-order chi connectivity index (χ1) is 14.7. The van der Waals surface area contributed by atoms with Crippen molar-refractivity contribution in [3.05, 3.63) is 89.6 Å². The summed E-state index contributed by atoms with van der Waals surface area (Å²) in [6.45, 7) is 1.40. The molecule has 4 N–H and O–H groups in total. The van der Waals surface area contributed by atoms with Crippen LogP contribution in [0.4, 0.5) is 0 Å². The van der Waals surface area contributed by atoms with Crippen molar-refractivity contribution in [3.63, 3.8) is 0 Å². The third-order valence-electron chi connectivity index (χ3n) is 4.86. The number of nitrogens with two attached hydrogens (primary N) is 1. The summed E-state index contributed by atoms with van der Waals surface area (Å²) in [5.41, 5.74) is 9.20. The number of primary amides is 1. The standard InChI is InChI=1S/C24H23N3O2S/c1-29-21-10-6-5-7-17(21)15-26-14-16-11-12-19-20(13-16)27-22(24(25)28)23(19)30-18-8-3-2-4-9-18/h2-13,26-27H,14-15H2,1H3,(H2,25,28). The Hall–Kier alpha value is -3.22. The second-order valence-electron chi connectivity index (χ2n) is 6.90. The topological polar surface area (TPSA) is 80.1 Å². The van der Waals surface area contributed by atoms with E-state index in [2.05, 4.69) is 22.4 Å². The highest BCUT2D eigenvalue weighted by molar-refractivity contribution is 7.99. The van der Waals surface area contributed by atoms with Gasteiger partial charge in [0.2, 0.25) is 0 Å². The number of para-hydroxylation sites is 1. The van der Waals surface area contributed by atoms with Crippen LogP contribution < -0.4 is 15.8 Å². The van der Waals surface area contributed by atoms with Crippen LogP contribution in [0, 0.1) is 0 Å². The van der Waals surface area contributed by atoms with Crippen molar-refractivity contribution in [1.82, 2.24) is 10.3 Å². The van der Waals surface area contributed by atoms with Gasteiger partial charge >= 0.3 is 0 Å². The molecule has 0 saturated carbocycles. The predicted octanol–water partition coefficient (Wildman–Crippen LogP) is 4.72. The second kappa shape index (κ2) is 9.07. The van der Waals surface area contributed by atoms with Crippen LogP contribution in [0.2, 0.25) is 0 Å². The number of hydrogen-bond donors (Lipinski definition) is 3. The molecule has 0 radical (unpaired) electrons. The lowest BCUT2D eigenvalue weighted by molar-refractivity contribution is 0.0993. The van der Waals surface area contributed by atoms with Gasteiger partial charge in [-0.25, -0.2) is 0 Å². The van der Waals surface area contributed by atoms with Crippen molar-refractivity contribution in [2.75, 3.05) is 7.11 Å². The van der Waals surface area contributed by atoms with Gasteiger partial charge in [-0.1, -0.05) is 60.3 Å². The zero-order valence-corrected chi connectivity index (χ0v) is 17.5. The van der Waals surface area contributed by atoms with Gasteiger partial charge in [0.1, 0.15) is 11.4 Å². The van der Waals surface area contributed by atoms with Crippen molar-refractivity contribution in [3.8, 4) is 5.75 Å². The fourth-order valence-corrected chi connectivity index (χ4v) is 4.48. The number of hydrogen-bond acceptors (Lipinski definition) is 4. The SMILES string of the molecule is COc1ccccc1CNCc1ccc2c(Sc3ccccc3)c(C(N)=O)[nH]c2c1. The third-order valence-corrected chi connectivity index (χ3v) is 6.00. The molecule has 1 aromatic heterocycles. The number of methoxy groups -OCH3 is 1. The van der Waals surface area contributed by atoms with E-state index >= 15 is 0 Å². The number of ether oxygens (including phenoxy) is 1. The van der Waals surface area contributed by atoms with Crippen LogP contribution in [0.3, 0.4) is 0 Å². The van der Waals surface area contributed by atoms with Crippen molar-refractivity contribution >= 4 is 28.6 Å². The van der Waals surface area contributed by atoms with Crippen LogP contribution in [0.25, 0.3) is 10.9 Å². The normalized spacial score (nSPS) is 11.0. The van der Waals surface area contributed by atoms with Gasteiger partial charge in [0.05, 0.1) is 12.0 Å². The summed E-state index contributed by atoms with van der Waals surface area (Å²) < 4.78 is 5.40. The van der Waals surface area contributed by atoms with E-state index in [4.69, 9.17) is 10.5 Å². The zero-order valence-electron chi connectivity index (χ0n) is 16.6. The quantitative estimate of drug-likeness (QED) is 0.388. The zero-order chi connectivity index (χ0) is 20.9. The number of benzene rings is 3. The number of fused-ring (bicyclic) bond motifs is 1. The van der Waals surface area contributed by atoms with Crippen molar-refractivity contribution in [2.45, 2.75) is 22.9 Å². The molecule has 3 aromatic carbocycles. The lowest BCUT2D eigenvalue weighted by Gasteiger charge is -2.09. The highest BCUT2D eigenvalue weighted by Crippen LogP contribution is 2.36. The Morgan fingerprint density at radius 2 is 1.80 bits per heavy atom. The Balaban J connectivity index is 1.54. The van der Waals surface area contributed by atoms with Gasteiger partial charge in [-0.2, -0.15) is 0 Å². The number of aromatic nitrogens is 1. The first-order valence-corrected chi connectivity index (χ1v) is 10.5. The molecule has 152 valence electrons. The Labute approximate surface area is 179 Å². The van der Waals surface area contributed by atoms with Gasteiger partial charge in [-0.05, 0) is 29.8 Å². The largest absolute Gasteiger partial charge is 0.496 e. The number of carbonyl (C=O) groups is 1. The van der Waals surface area contributed by atoms with Gasteiger partial charge in [0.25, 0.3) is 5.91 Å². The summed E-state index contributed by atoms with van der Waals surface area (Å²) in [7, 11) is 1.68. The molecule has 0 aliphatic carbocycles. The fraction of sp³-hybridized carbons (Fsp3) is 0.125. The van der Waals surface area contributed by atoms with Gasteiger partial charge in [0.15, 0.2) is 0 Å². The summed E-state index contributed by atoms with van der Waals surface area (Å²) >= 11 is 1.54. The van der Waals surface area contributed by atoms with Crippen LogP contribution in [-0.4, -0.2) is 18.0 Å². The lowest BCUT2D eigenvalue weighted by Crippen LogP contribution is -2.13. The number of nitrogens with one attached hydrogen (secondary N) is 2. The molecule has 4 aromatic rings. The highest BCUT2D eigenvalue weighted by atomic mass is 32.2. The number of rotatable bonds is 8. The Morgan fingerprint density at radius 1 is 1.03 bits per heavy atom. The molecule has 1 heterocycles. The molecule has 0 saturated heterocycles. The predicted molar refractivity (Wildman–Crippen MR) is 121 cm³/mol. The molecule has 4 rings (SSSR count). The molecule has 6 heteroatoms. The van der Waals surface area contributed by atoms with Gasteiger partial charge in [-0.3, -0.25) is 4.79 Å². The van der Waals surface area contributed by atoms with E-state index in [0.717, 1.165) is 37.6 Å². The minimum absolute atomic E-state index is 0.443. The molecule has 0 aliphatic heterocycles. The summed E-state index contributed by atoms with van der Waals surface area (Å²) in [4.78, 5) is 17.1. The minimum atomic E-state index is -0.458. The molecule has 0 unspecified atom stereocenters. The number of H-pyrrole nitrogens is 1. The molecule has 1 amide bonds. The molecule has 0 bridgehead atoms. The maximum Gasteiger partial charge on any atom is 0.266 e. The maximum absolute atomic E-state index is 12.0. The van der Waals surface area contributed by atoms with Gasteiger partial charge < -0.3 is 20.8 Å². The maximum atomic E-state index is 12.0. The van der Waals surface area contributed by atoms with Crippen molar-refractivity contribution < 1.29 is 9.53 Å². The molecular weight excluding hydrogens is 394 g/mol. The third kappa shape index (κ3) is 4.35. The van der Waals surface area contributed by atoms with E-state index in [1.54, 1.807) is 18.9 Å². The van der Waals surface area contributed by atoms with E-state index in [1.807, 2.05) is 60.7 Å².